The summed E-state index contributed by atoms with van der Waals surface area (Å²) >= 11 is 0. The van der Waals surface area contributed by atoms with Gasteiger partial charge in [0.15, 0.2) is 0 Å². The number of aromatic nitrogens is 2. The van der Waals surface area contributed by atoms with E-state index in [0.717, 1.165) is 35.5 Å². The maximum absolute atomic E-state index is 12.8. The van der Waals surface area contributed by atoms with Gasteiger partial charge in [-0.2, -0.15) is 5.10 Å². The molecule has 0 saturated carbocycles. The monoisotopic (exact) mass is 470 g/mol. The molecular weight excluding hydrogens is 440 g/mol. The highest BCUT2D eigenvalue weighted by atomic mass is 32.2. The van der Waals surface area contributed by atoms with Gasteiger partial charge in [0.05, 0.1) is 34.1 Å². The molecule has 0 aliphatic carbocycles. The molecule has 0 amide bonds. The Hall–Kier alpha value is -3.33. The number of carbonyl (C=O) groups is 1. The Bertz CT molecular complexity index is 1280. The summed E-state index contributed by atoms with van der Waals surface area (Å²) in [6, 6.07) is 11.4. The minimum Gasteiger partial charge on any atom is -0.478 e. The number of nitrogens with zero attached hydrogens (tertiary/aromatic N) is 3. The van der Waals surface area contributed by atoms with Gasteiger partial charge >= 0.3 is 5.97 Å². The third-order valence-corrected chi connectivity index (χ3v) is 6.88. The van der Waals surface area contributed by atoms with Gasteiger partial charge in [0.25, 0.3) is 10.0 Å². The van der Waals surface area contributed by atoms with Crippen LogP contribution in [0.15, 0.2) is 47.4 Å². The maximum atomic E-state index is 12.8. The molecule has 0 aliphatic rings. The highest BCUT2D eigenvalue weighted by Crippen LogP contribution is 2.27. The maximum Gasteiger partial charge on any atom is 0.337 e. The van der Waals surface area contributed by atoms with E-state index in [2.05, 4.69) is 16.7 Å². The van der Waals surface area contributed by atoms with Crippen molar-refractivity contribution in [2.75, 3.05) is 16.7 Å². The summed E-state index contributed by atoms with van der Waals surface area (Å²) in [5.41, 5.74) is 4.42. The van der Waals surface area contributed by atoms with Gasteiger partial charge in [-0.05, 0) is 74.7 Å². The number of carboxylic acids is 1. The molecule has 0 fully saturated rings. The average Bonchev–Trinajstić information content (AvgIpc) is 3.08. The standard InChI is InChI=1S/C24H30N4O4S/c1-6-11-28-20(13-18(4)25-28)15-27(5)23-10-8-19(14-22(23)24(29)30)26-33(31,32)21-9-7-16(2)17(3)12-21/h7-10,12-14,26H,6,11,15H2,1-5H3,(H,29,30). The number of nitrogens with one attached hydrogen (secondary N) is 1. The van der Waals surface area contributed by atoms with Gasteiger partial charge in [0.1, 0.15) is 0 Å². The minimum absolute atomic E-state index is 0.0102. The Balaban J connectivity index is 1.89. The van der Waals surface area contributed by atoms with Crippen LogP contribution >= 0.6 is 0 Å². The second-order valence-corrected chi connectivity index (χ2v) is 9.93. The van der Waals surface area contributed by atoms with E-state index in [1.165, 1.54) is 12.1 Å². The van der Waals surface area contributed by atoms with Crippen molar-refractivity contribution in [3.8, 4) is 0 Å². The van der Waals surface area contributed by atoms with E-state index in [1.54, 1.807) is 31.3 Å². The first-order valence-corrected chi connectivity index (χ1v) is 12.2. The predicted molar refractivity (Wildman–Crippen MR) is 129 cm³/mol. The van der Waals surface area contributed by atoms with Crippen molar-refractivity contribution in [1.29, 1.82) is 0 Å². The first kappa shape index (κ1) is 24.3. The Labute approximate surface area is 194 Å². The molecule has 1 heterocycles. The molecule has 0 radical (unpaired) electrons. The highest BCUT2D eigenvalue weighted by molar-refractivity contribution is 7.92. The van der Waals surface area contributed by atoms with Crippen LogP contribution in [0.1, 0.15) is 46.2 Å². The van der Waals surface area contributed by atoms with Crippen LogP contribution in [0.25, 0.3) is 0 Å². The largest absolute Gasteiger partial charge is 0.478 e. The van der Waals surface area contributed by atoms with Crippen LogP contribution in [-0.2, 0) is 23.1 Å². The molecule has 9 heteroatoms. The molecule has 8 nitrogen and oxygen atoms in total. The Morgan fingerprint density at radius 2 is 1.82 bits per heavy atom. The lowest BCUT2D eigenvalue weighted by Gasteiger charge is -2.22. The molecule has 0 unspecified atom stereocenters. The van der Waals surface area contributed by atoms with Crippen molar-refractivity contribution < 1.29 is 18.3 Å². The number of rotatable bonds is 9. The predicted octanol–water partition coefficient (Wildman–Crippen LogP) is 4.35. The molecular formula is C24H30N4O4S. The lowest BCUT2D eigenvalue weighted by atomic mass is 10.1. The fraction of sp³-hybridized carbons (Fsp3) is 0.333. The van der Waals surface area contributed by atoms with Gasteiger partial charge in [-0.1, -0.05) is 13.0 Å². The van der Waals surface area contributed by atoms with Crippen LogP contribution in [0, 0.1) is 20.8 Å². The SMILES string of the molecule is CCCn1nc(C)cc1CN(C)c1ccc(NS(=O)(=O)c2ccc(C)c(C)c2)cc1C(=O)O. The Kier molecular flexibility index (Phi) is 7.12. The summed E-state index contributed by atoms with van der Waals surface area (Å²) in [5.74, 6) is -1.14. The molecule has 0 bridgehead atoms. The Morgan fingerprint density at radius 1 is 1.09 bits per heavy atom. The van der Waals surface area contributed by atoms with Crippen molar-refractivity contribution in [1.82, 2.24) is 9.78 Å². The van der Waals surface area contributed by atoms with E-state index in [-0.39, 0.29) is 16.1 Å². The van der Waals surface area contributed by atoms with Gasteiger partial charge in [-0.25, -0.2) is 13.2 Å². The van der Waals surface area contributed by atoms with Crippen molar-refractivity contribution in [3.05, 3.63) is 70.5 Å². The highest BCUT2D eigenvalue weighted by Gasteiger charge is 2.20. The Morgan fingerprint density at radius 3 is 2.45 bits per heavy atom. The normalized spacial score (nSPS) is 11.4. The molecule has 0 spiro atoms. The molecule has 2 N–H and O–H groups in total. The molecule has 0 atom stereocenters. The molecule has 1 aromatic heterocycles. The second kappa shape index (κ2) is 9.66. The van der Waals surface area contributed by atoms with Gasteiger partial charge in [0.2, 0.25) is 0 Å². The fourth-order valence-electron chi connectivity index (χ4n) is 3.66. The number of benzene rings is 2. The van der Waals surface area contributed by atoms with E-state index in [4.69, 9.17) is 0 Å². The van der Waals surface area contributed by atoms with E-state index in [1.807, 2.05) is 36.4 Å². The van der Waals surface area contributed by atoms with Gasteiger partial charge < -0.3 is 10.0 Å². The van der Waals surface area contributed by atoms with Crippen LogP contribution in [0.3, 0.4) is 0 Å². The summed E-state index contributed by atoms with van der Waals surface area (Å²) in [6.07, 6.45) is 0.938. The summed E-state index contributed by atoms with van der Waals surface area (Å²) in [5, 5.41) is 14.3. The number of sulfonamides is 1. The number of aryl methyl sites for hydroxylation is 4. The molecule has 176 valence electrons. The molecule has 0 saturated heterocycles. The van der Waals surface area contributed by atoms with Crippen molar-refractivity contribution in [2.24, 2.45) is 0 Å². The van der Waals surface area contributed by atoms with Crippen molar-refractivity contribution in [3.63, 3.8) is 0 Å². The zero-order chi connectivity index (χ0) is 24.3. The average molecular weight is 471 g/mol. The van der Waals surface area contributed by atoms with E-state index in [9.17, 15) is 18.3 Å². The first-order valence-electron chi connectivity index (χ1n) is 10.7. The van der Waals surface area contributed by atoms with Gasteiger partial charge in [-0.15, -0.1) is 0 Å². The van der Waals surface area contributed by atoms with Crippen LogP contribution in [-0.4, -0.2) is 36.3 Å². The lowest BCUT2D eigenvalue weighted by molar-refractivity contribution is 0.0697. The van der Waals surface area contributed by atoms with Crippen LogP contribution < -0.4 is 9.62 Å². The lowest BCUT2D eigenvalue weighted by Crippen LogP contribution is -2.22. The molecule has 2 aromatic carbocycles. The molecule has 3 aromatic rings. The quantitative estimate of drug-likeness (QED) is 0.482. The minimum atomic E-state index is -3.85. The molecule has 0 aliphatic heterocycles. The van der Waals surface area contributed by atoms with E-state index < -0.39 is 16.0 Å². The summed E-state index contributed by atoms with van der Waals surface area (Å²) in [4.78, 5) is 14.0. The summed E-state index contributed by atoms with van der Waals surface area (Å²) in [7, 11) is -2.05. The number of anilines is 2. The number of aromatic carboxylic acids is 1. The summed E-state index contributed by atoms with van der Waals surface area (Å²) in [6.45, 7) is 9.00. The smallest absolute Gasteiger partial charge is 0.337 e. The number of hydrogen-bond acceptors (Lipinski definition) is 5. The first-order chi connectivity index (χ1) is 15.5. The fourth-order valence-corrected chi connectivity index (χ4v) is 4.79. The van der Waals surface area contributed by atoms with Crippen LogP contribution in [0.5, 0.6) is 0 Å². The summed E-state index contributed by atoms with van der Waals surface area (Å²) < 4.78 is 30.1. The third kappa shape index (κ3) is 5.54. The number of carboxylic acid groups (broad SMARTS) is 1. The topological polar surface area (TPSA) is 105 Å². The zero-order valence-corrected chi connectivity index (χ0v) is 20.4. The van der Waals surface area contributed by atoms with Crippen LogP contribution in [0.4, 0.5) is 11.4 Å². The van der Waals surface area contributed by atoms with Gasteiger partial charge in [-0.3, -0.25) is 9.40 Å². The molecule has 33 heavy (non-hydrogen) atoms. The van der Waals surface area contributed by atoms with Crippen LogP contribution in [0.2, 0.25) is 0 Å². The van der Waals surface area contributed by atoms with Crippen molar-refractivity contribution in [2.45, 2.75) is 52.1 Å². The zero-order valence-electron chi connectivity index (χ0n) is 19.6. The van der Waals surface area contributed by atoms with Gasteiger partial charge in [0, 0.05) is 19.3 Å². The third-order valence-electron chi connectivity index (χ3n) is 5.50. The number of hydrogen-bond donors (Lipinski definition) is 2. The second-order valence-electron chi connectivity index (χ2n) is 8.24. The van der Waals surface area contributed by atoms with Crippen molar-refractivity contribution >= 4 is 27.4 Å². The van der Waals surface area contributed by atoms with E-state index >= 15 is 0 Å². The molecule has 3 rings (SSSR count). The van der Waals surface area contributed by atoms with E-state index in [0.29, 0.717) is 12.2 Å².